The maximum atomic E-state index is 15.1. The van der Waals surface area contributed by atoms with Gasteiger partial charge in [0, 0.05) is 14.5 Å². The molecule has 0 spiro atoms. The molecule has 1 aromatic heterocycles. The number of benzene rings is 2. The highest BCUT2D eigenvalue weighted by atomic mass is 127. The predicted molar refractivity (Wildman–Crippen MR) is 123 cm³/mol. The lowest BCUT2D eigenvalue weighted by Gasteiger charge is -2.30. The third-order valence-corrected chi connectivity index (χ3v) is 7.26. The van der Waals surface area contributed by atoms with Gasteiger partial charge in [0.05, 0.1) is 16.1 Å². The van der Waals surface area contributed by atoms with Crippen LogP contribution in [0.2, 0.25) is 0 Å². The van der Waals surface area contributed by atoms with Gasteiger partial charge in [0.25, 0.3) is 0 Å². The Kier molecular flexibility index (Phi) is 6.56. The van der Waals surface area contributed by atoms with E-state index >= 15 is 4.39 Å². The molecule has 10 heteroatoms. The van der Waals surface area contributed by atoms with Crippen LogP contribution in [0, 0.1) is 22.1 Å². The first kappa shape index (κ1) is 24.1. The number of aliphatic hydroxyl groups is 1. The molecule has 31 heavy (non-hydrogen) atoms. The Balaban J connectivity index is 2.08. The van der Waals surface area contributed by atoms with Crippen LogP contribution in [0.25, 0.3) is 10.9 Å². The Bertz CT molecular complexity index is 1170. The second kappa shape index (κ2) is 8.43. The maximum absolute atomic E-state index is 15.1. The van der Waals surface area contributed by atoms with Gasteiger partial charge < -0.3 is 10.4 Å². The standard InChI is InChI=1S/C21H19BrF4IN3O/c1-9(11-6-5-7-13(16(11)23)21(25,26)20(3,4)31)28-19-12-8-14(27)15(22)17(24)18(12)29-10(2)30-19/h5-9,31H,1-4H3,(H,28,29,30). The molecule has 0 saturated carbocycles. The Hall–Kier alpha value is -1.53. The van der Waals surface area contributed by atoms with Gasteiger partial charge in [0.2, 0.25) is 0 Å². The fourth-order valence-corrected chi connectivity index (χ4v) is 3.98. The lowest BCUT2D eigenvalue weighted by Crippen LogP contribution is -2.41. The lowest BCUT2D eigenvalue weighted by atomic mass is 9.91. The van der Waals surface area contributed by atoms with Gasteiger partial charge in [-0.1, -0.05) is 12.1 Å². The number of alkyl halides is 2. The predicted octanol–water partition coefficient (Wildman–Crippen LogP) is 6.62. The molecule has 2 aromatic carbocycles. The van der Waals surface area contributed by atoms with Crippen LogP contribution < -0.4 is 5.32 Å². The molecule has 4 nitrogen and oxygen atoms in total. The highest BCUT2D eigenvalue weighted by Gasteiger charge is 2.49. The Morgan fingerprint density at radius 1 is 1.16 bits per heavy atom. The summed E-state index contributed by atoms with van der Waals surface area (Å²) in [6.45, 7) is 5.01. The van der Waals surface area contributed by atoms with Gasteiger partial charge in [0.1, 0.15) is 28.6 Å². The first-order valence-corrected chi connectivity index (χ1v) is 11.1. The lowest BCUT2D eigenvalue weighted by molar-refractivity contribution is -0.170. The van der Waals surface area contributed by atoms with Gasteiger partial charge in [-0.15, -0.1) is 0 Å². The van der Waals surface area contributed by atoms with Crippen molar-refractivity contribution < 1.29 is 22.7 Å². The van der Waals surface area contributed by atoms with E-state index in [9.17, 15) is 18.3 Å². The van der Waals surface area contributed by atoms with Gasteiger partial charge in [-0.25, -0.2) is 18.7 Å². The quantitative estimate of drug-likeness (QED) is 0.193. The molecule has 1 heterocycles. The van der Waals surface area contributed by atoms with E-state index in [1.807, 2.05) is 22.6 Å². The summed E-state index contributed by atoms with van der Waals surface area (Å²) in [5, 5.41) is 13.2. The molecule has 0 radical (unpaired) electrons. The number of nitrogens with one attached hydrogen (secondary N) is 1. The summed E-state index contributed by atoms with van der Waals surface area (Å²) in [5.74, 6) is -4.96. The minimum atomic E-state index is -3.81. The third-order valence-electron chi connectivity index (χ3n) is 4.89. The topological polar surface area (TPSA) is 58.0 Å². The van der Waals surface area contributed by atoms with E-state index in [1.54, 1.807) is 19.9 Å². The fourth-order valence-electron chi connectivity index (χ4n) is 3.13. The number of nitrogens with zero attached hydrogens (tertiary/aromatic N) is 2. The third kappa shape index (κ3) is 4.38. The van der Waals surface area contributed by atoms with Gasteiger partial charge in [0.15, 0.2) is 5.82 Å². The van der Waals surface area contributed by atoms with Crippen molar-refractivity contribution in [2.45, 2.75) is 45.3 Å². The van der Waals surface area contributed by atoms with Crippen LogP contribution in [0.15, 0.2) is 28.7 Å². The number of halogens is 6. The normalized spacial score (nSPS) is 13.5. The highest BCUT2D eigenvalue weighted by molar-refractivity contribution is 14.1. The molecular formula is C21H19BrF4IN3O. The first-order chi connectivity index (χ1) is 14.3. The number of aryl methyl sites for hydroxylation is 1. The molecule has 1 atom stereocenters. The molecule has 0 fully saturated rings. The molecule has 0 aliphatic heterocycles. The summed E-state index contributed by atoms with van der Waals surface area (Å²) in [5.41, 5.74) is -3.32. The molecule has 1 unspecified atom stereocenters. The molecule has 2 N–H and O–H groups in total. The van der Waals surface area contributed by atoms with Gasteiger partial charge >= 0.3 is 5.92 Å². The summed E-state index contributed by atoms with van der Waals surface area (Å²) in [6, 6.07) is 4.50. The largest absolute Gasteiger partial charge is 0.384 e. The zero-order valence-corrected chi connectivity index (χ0v) is 20.7. The average molecular weight is 612 g/mol. The smallest absolute Gasteiger partial charge is 0.303 e. The monoisotopic (exact) mass is 611 g/mol. The van der Waals surface area contributed by atoms with Crippen LogP contribution in [-0.2, 0) is 5.92 Å². The minimum absolute atomic E-state index is 0.0434. The van der Waals surface area contributed by atoms with E-state index < -0.39 is 34.8 Å². The Labute approximate surface area is 198 Å². The average Bonchev–Trinajstić information content (AvgIpc) is 2.66. The van der Waals surface area contributed by atoms with Gasteiger partial charge in [-0.05, 0) is 78.3 Å². The molecule has 3 aromatic rings. The van der Waals surface area contributed by atoms with Crippen LogP contribution in [0.4, 0.5) is 23.4 Å². The highest BCUT2D eigenvalue weighted by Crippen LogP contribution is 2.41. The Morgan fingerprint density at radius 2 is 1.81 bits per heavy atom. The number of hydrogen-bond donors (Lipinski definition) is 2. The maximum Gasteiger partial charge on any atom is 0.303 e. The van der Waals surface area contributed by atoms with Crippen molar-refractivity contribution in [3.8, 4) is 0 Å². The van der Waals surface area contributed by atoms with Crippen molar-refractivity contribution in [2.75, 3.05) is 5.32 Å². The molecule has 0 aliphatic carbocycles. The zero-order chi connectivity index (χ0) is 23.3. The van der Waals surface area contributed by atoms with Crippen LogP contribution >= 0.6 is 38.5 Å². The molecule has 166 valence electrons. The van der Waals surface area contributed by atoms with E-state index in [1.165, 1.54) is 12.1 Å². The van der Waals surface area contributed by atoms with E-state index in [2.05, 4.69) is 31.2 Å². The van der Waals surface area contributed by atoms with Gasteiger partial charge in [-0.2, -0.15) is 8.78 Å². The second-order valence-electron chi connectivity index (χ2n) is 7.71. The summed E-state index contributed by atoms with van der Waals surface area (Å²) in [6.07, 6.45) is 0. The van der Waals surface area contributed by atoms with Crippen LogP contribution in [0.1, 0.15) is 43.8 Å². The summed E-state index contributed by atoms with van der Waals surface area (Å²) in [4.78, 5) is 8.45. The number of aromatic nitrogens is 2. The number of fused-ring (bicyclic) bond motifs is 1. The van der Waals surface area contributed by atoms with Gasteiger partial charge in [-0.3, -0.25) is 0 Å². The van der Waals surface area contributed by atoms with Crippen LogP contribution in [-0.4, -0.2) is 20.7 Å². The van der Waals surface area contributed by atoms with E-state index in [-0.39, 0.29) is 27.2 Å². The molecule has 0 aliphatic rings. The first-order valence-electron chi connectivity index (χ1n) is 9.23. The minimum Gasteiger partial charge on any atom is -0.384 e. The second-order valence-corrected chi connectivity index (χ2v) is 9.67. The van der Waals surface area contributed by atoms with Crippen molar-refractivity contribution >= 4 is 55.2 Å². The summed E-state index contributed by atoms with van der Waals surface area (Å²) in [7, 11) is 0. The van der Waals surface area contributed by atoms with Crippen LogP contribution in [0.5, 0.6) is 0 Å². The molecule has 0 amide bonds. The molecule has 3 rings (SSSR count). The van der Waals surface area contributed by atoms with Crippen molar-refractivity contribution in [3.63, 3.8) is 0 Å². The number of anilines is 1. The van der Waals surface area contributed by atoms with Crippen molar-refractivity contribution in [2.24, 2.45) is 0 Å². The Morgan fingerprint density at radius 3 is 2.42 bits per heavy atom. The molecule has 0 saturated heterocycles. The summed E-state index contributed by atoms with van der Waals surface area (Å²) >= 11 is 5.14. The van der Waals surface area contributed by atoms with E-state index in [4.69, 9.17) is 0 Å². The molecule has 0 bridgehead atoms. The van der Waals surface area contributed by atoms with E-state index in [0.29, 0.717) is 8.96 Å². The molecular weight excluding hydrogens is 593 g/mol. The van der Waals surface area contributed by atoms with Crippen LogP contribution in [0.3, 0.4) is 0 Å². The number of rotatable bonds is 5. The summed E-state index contributed by atoms with van der Waals surface area (Å²) < 4.78 is 59.9. The van der Waals surface area contributed by atoms with Crippen molar-refractivity contribution in [3.05, 3.63) is 60.9 Å². The van der Waals surface area contributed by atoms with E-state index in [0.717, 1.165) is 19.9 Å². The van der Waals surface area contributed by atoms with Crippen molar-refractivity contribution in [1.82, 2.24) is 9.97 Å². The van der Waals surface area contributed by atoms with Crippen molar-refractivity contribution in [1.29, 1.82) is 0 Å². The fraction of sp³-hybridized carbons (Fsp3) is 0.333. The zero-order valence-electron chi connectivity index (χ0n) is 17.0. The number of hydrogen-bond acceptors (Lipinski definition) is 4. The SMILES string of the molecule is Cc1nc(NC(C)c2cccc(C(F)(F)C(C)(C)O)c2F)c2cc(I)c(Br)c(F)c2n1.